The monoisotopic (exact) mass is 574 g/mol. The number of carboxylic acids is 4. The summed E-state index contributed by atoms with van der Waals surface area (Å²) in [6.07, 6.45) is 6.06. The Balaban J connectivity index is 1.59. The van der Waals surface area contributed by atoms with Gasteiger partial charge >= 0.3 is 23.9 Å². The number of rotatable bonds is 12. The van der Waals surface area contributed by atoms with Crippen molar-refractivity contribution in [3.05, 3.63) is 106 Å². The molecule has 5 rings (SSSR count). The average Bonchev–Trinajstić information content (AvgIpc) is 3.74. The summed E-state index contributed by atoms with van der Waals surface area (Å²) in [7, 11) is 0. The fraction of sp³-hybridized carbons (Fsp3) is 0.154. The van der Waals surface area contributed by atoms with Gasteiger partial charge in [0.05, 0.1) is 26.2 Å². The Kier molecular flexibility index (Phi) is 7.34. The van der Waals surface area contributed by atoms with Crippen molar-refractivity contribution in [2.24, 2.45) is 0 Å². The third kappa shape index (κ3) is 6.06. The minimum atomic E-state index is -1.18. The molecule has 1 aromatic carbocycles. The molecule has 4 heterocycles. The molecule has 4 aromatic heterocycles. The van der Waals surface area contributed by atoms with Crippen molar-refractivity contribution in [2.75, 3.05) is 0 Å². The van der Waals surface area contributed by atoms with E-state index in [0.717, 1.165) is 0 Å². The highest BCUT2D eigenvalue weighted by atomic mass is 16.4. The van der Waals surface area contributed by atoms with Crippen LogP contribution in [0.2, 0.25) is 0 Å². The van der Waals surface area contributed by atoms with Gasteiger partial charge < -0.3 is 20.4 Å². The molecule has 4 N–H and O–H groups in total. The highest BCUT2D eigenvalue weighted by Gasteiger charge is 2.17. The van der Waals surface area contributed by atoms with E-state index in [1.165, 1.54) is 67.8 Å². The smallest absolute Gasteiger partial charge is 0.356 e. The Hall–Kier alpha value is -6.06. The fourth-order valence-electron chi connectivity index (χ4n) is 4.33. The van der Waals surface area contributed by atoms with Crippen LogP contribution in [0.3, 0.4) is 0 Å². The zero-order chi connectivity index (χ0) is 30.0. The van der Waals surface area contributed by atoms with Crippen molar-refractivity contribution in [3.8, 4) is 0 Å². The van der Waals surface area contributed by atoms with Gasteiger partial charge in [-0.15, -0.1) is 0 Å². The predicted molar refractivity (Wildman–Crippen MR) is 140 cm³/mol. The molecule has 214 valence electrons. The number of aromatic nitrogens is 8. The summed E-state index contributed by atoms with van der Waals surface area (Å²) >= 11 is 0. The molecule has 0 saturated carbocycles. The van der Waals surface area contributed by atoms with Gasteiger partial charge in [-0.3, -0.25) is 18.7 Å². The SMILES string of the molecule is O=C(O)c1ccn(Cc2cc(Cn3ccc(C(=O)O)n3)c(Cn3ccc(C(=O)O)n3)cc2Cn2ccc(C(=O)O)n2)n1. The van der Waals surface area contributed by atoms with Crippen LogP contribution in [0.1, 0.15) is 64.2 Å². The van der Waals surface area contributed by atoms with Crippen LogP contribution in [0.4, 0.5) is 0 Å². The third-order valence-corrected chi connectivity index (χ3v) is 6.29. The van der Waals surface area contributed by atoms with Gasteiger partial charge in [-0.2, -0.15) is 20.4 Å². The molecule has 16 nitrogen and oxygen atoms in total. The standard InChI is InChI=1S/C26H22N8O8/c35-23(36)19-1-5-31(27-19)11-15-9-17(13-33-7-3-21(29-33)25(39)40)18(14-34-8-4-22(30-34)26(41)42)10-16(15)12-32-6-2-20(28-32)24(37)38/h1-10H,11-14H2,(H,35,36)(H,37,38)(H,39,40)(H,41,42). The van der Waals surface area contributed by atoms with E-state index in [1.54, 1.807) is 0 Å². The van der Waals surface area contributed by atoms with Crippen LogP contribution < -0.4 is 0 Å². The van der Waals surface area contributed by atoms with Crippen molar-refractivity contribution >= 4 is 23.9 Å². The number of aromatic carboxylic acids is 4. The lowest BCUT2D eigenvalue weighted by Crippen LogP contribution is -2.14. The molecule has 0 aliphatic rings. The largest absolute Gasteiger partial charge is 0.476 e. The van der Waals surface area contributed by atoms with Gasteiger partial charge in [0.2, 0.25) is 0 Å². The fourth-order valence-corrected chi connectivity index (χ4v) is 4.33. The first-order valence-electron chi connectivity index (χ1n) is 12.3. The van der Waals surface area contributed by atoms with E-state index >= 15 is 0 Å². The Morgan fingerprint density at radius 3 is 0.833 bits per heavy atom. The normalized spacial score (nSPS) is 11.0. The Labute approximate surface area is 235 Å². The van der Waals surface area contributed by atoms with Crippen LogP contribution in [0.25, 0.3) is 0 Å². The number of benzene rings is 1. The topological polar surface area (TPSA) is 220 Å². The van der Waals surface area contributed by atoms with Gasteiger partial charge in [0.1, 0.15) is 0 Å². The number of hydrogen-bond acceptors (Lipinski definition) is 8. The predicted octanol–water partition coefficient (Wildman–Crippen LogP) is 1.46. The van der Waals surface area contributed by atoms with Crippen LogP contribution >= 0.6 is 0 Å². The summed E-state index contributed by atoms with van der Waals surface area (Å²) in [5.74, 6) is -4.74. The zero-order valence-electron chi connectivity index (χ0n) is 21.6. The summed E-state index contributed by atoms with van der Waals surface area (Å²) in [6, 6.07) is 9.10. The summed E-state index contributed by atoms with van der Waals surface area (Å²) in [5.41, 5.74) is 2.21. The van der Waals surface area contributed by atoms with E-state index in [1.807, 2.05) is 12.1 Å². The number of carbonyl (C=O) groups is 4. The quantitative estimate of drug-likeness (QED) is 0.166. The molecular weight excluding hydrogens is 552 g/mol. The molecule has 16 heteroatoms. The molecule has 0 unspecified atom stereocenters. The second-order valence-corrected chi connectivity index (χ2v) is 9.20. The lowest BCUT2D eigenvalue weighted by Gasteiger charge is -2.18. The number of carboxylic acid groups (broad SMARTS) is 4. The Morgan fingerprint density at radius 1 is 0.452 bits per heavy atom. The molecule has 42 heavy (non-hydrogen) atoms. The van der Waals surface area contributed by atoms with Crippen molar-refractivity contribution in [3.63, 3.8) is 0 Å². The first kappa shape index (κ1) is 27.5. The van der Waals surface area contributed by atoms with Crippen LogP contribution in [0, 0.1) is 0 Å². The van der Waals surface area contributed by atoms with Crippen molar-refractivity contribution < 1.29 is 39.6 Å². The summed E-state index contributed by atoms with van der Waals surface area (Å²) < 4.78 is 5.78. The summed E-state index contributed by atoms with van der Waals surface area (Å²) in [5, 5.41) is 53.5. The summed E-state index contributed by atoms with van der Waals surface area (Å²) in [6.45, 7) is 0.585. The second kappa shape index (κ2) is 11.2. The molecule has 0 radical (unpaired) electrons. The molecule has 0 fully saturated rings. The molecule has 0 aliphatic carbocycles. The maximum Gasteiger partial charge on any atom is 0.356 e. The molecule has 0 saturated heterocycles. The van der Waals surface area contributed by atoms with E-state index in [9.17, 15) is 39.6 Å². The van der Waals surface area contributed by atoms with Crippen LogP contribution in [-0.2, 0) is 26.2 Å². The highest BCUT2D eigenvalue weighted by molar-refractivity contribution is 5.86. The molecule has 0 bridgehead atoms. The molecule has 0 aliphatic heterocycles. The van der Waals surface area contributed by atoms with Gasteiger partial charge in [-0.1, -0.05) is 12.1 Å². The van der Waals surface area contributed by atoms with Gasteiger partial charge in [-0.05, 0) is 46.5 Å². The van der Waals surface area contributed by atoms with Gasteiger partial charge in [0, 0.05) is 24.8 Å². The van der Waals surface area contributed by atoms with Gasteiger partial charge in [0.25, 0.3) is 0 Å². The first-order chi connectivity index (χ1) is 20.0. The summed E-state index contributed by atoms with van der Waals surface area (Å²) in [4.78, 5) is 45.5. The lowest BCUT2D eigenvalue weighted by atomic mass is 9.97. The van der Waals surface area contributed by atoms with Crippen LogP contribution in [-0.4, -0.2) is 83.4 Å². The van der Waals surface area contributed by atoms with Gasteiger partial charge in [0.15, 0.2) is 22.8 Å². The minimum Gasteiger partial charge on any atom is -0.476 e. The van der Waals surface area contributed by atoms with E-state index in [0.29, 0.717) is 22.3 Å². The van der Waals surface area contributed by atoms with Crippen molar-refractivity contribution in [1.29, 1.82) is 0 Å². The maximum atomic E-state index is 11.4. The van der Waals surface area contributed by atoms with Crippen LogP contribution in [0.15, 0.2) is 61.2 Å². The number of hydrogen-bond donors (Lipinski definition) is 4. The van der Waals surface area contributed by atoms with Gasteiger partial charge in [-0.25, -0.2) is 19.2 Å². The van der Waals surface area contributed by atoms with E-state index in [2.05, 4.69) is 20.4 Å². The third-order valence-electron chi connectivity index (χ3n) is 6.29. The minimum absolute atomic E-state index is 0.141. The van der Waals surface area contributed by atoms with Crippen molar-refractivity contribution in [2.45, 2.75) is 26.2 Å². The molecule has 0 spiro atoms. The average molecular weight is 575 g/mol. The van der Waals surface area contributed by atoms with Crippen LogP contribution in [0.5, 0.6) is 0 Å². The Morgan fingerprint density at radius 2 is 0.667 bits per heavy atom. The van der Waals surface area contributed by atoms with E-state index < -0.39 is 23.9 Å². The molecule has 0 atom stereocenters. The second-order valence-electron chi connectivity index (χ2n) is 9.20. The lowest BCUT2D eigenvalue weighted by molar-refractivity contribution is 0.0679. The highest BCUT2D eigenvalue weighted by Crippen LogP contribution is 2.22. The zero-order valence-corrected chi connectivity index (χ0v) is 21.6. The van der Waals surface area contributed by atoms with Crippen molar-refractivity contribution in [1.82, 2.24) is 39.1 Å². The molecule has 5 aromatic rings. The maximum absolute atomic E-state index is 11.4. The molecule has 0 amide bonds. The van der Waals surface area contributed by atoms with E-state index in [4.69, 9.17) is 0 Å². The Bertz CT molecular complexity index is 1570. The van der Waals surface area contributed by atoms with E-state index in [-0.39, 0.29) is 49.0 Å². The number of nitrogens with zero attached hydrogens (tertiary/aromatic N) is 8. The molecular formula is C26H22N8O8. The first-order valence-corrected chi connectivity index (χ1v) is 12.3.